The highest BCUT2D eigenvalue weighted by Gasteiger charge is 2.31. The van der Waals surface area contributed by atoms with Gasteiger partial charge in [0.15, 0.2) is 0 Å². The van der Waals surface area contributed by atoms with Gasteiger partial charge >= 0.3 is 11.9 Å². The monoisotopic (exact) mass is 303 g/mol. The molecule has 0 N–H and O–H groups in total. The van der Waals surface area contributed by atoms with Crippen LogP contribution in [0.2, 0.25) is 0 Å². The molecule has 1 aromatic carbocycles. The lowest BCUT2D eigenvalue weighted by Crippen LogP contribution is -2.22. The van der Waals surface area contributed by atoms with Crippen molar-refractivity contribution in [2.24, 2.45) is 0 Å². The topological polar surface area (TPSA) is 65.5 Å². The van der Waals surface area contributed by atoms with Crippen LogP contribution in [0.25, 0.3) is 10.6 Å². The third-order valence-corrected chi connectivity index (χ3v) is 4.33. The van der Waals surface area contributed by atoms with Crippen LogP contribution in [-0.2, 0) is 14.3 Å². The third-order valence-electron chi connectivity index (χ3n) is 3.14. The first-order chi connectivity index (χ1) is 10.1. The first-order valence-corrected chi connectivity index (χ1v) is 7.37. The van der Waals surface area contributed by atoms with Gasteiger partial charge < -0.3 is 9.47 Å². The van der Waals surface area contributed by atoms with E-state index in [9.17, 15) is 9.59 Å². The number of esters is 2. The Kier molecular flexibility index (Phi) is 3.70. The molecule has 21 heavy (non-hydrogen) atoms. The first-order valence-electron chi connectivity index (χ1n) is 6.55. The Morgan fingerprint density at radius 3 is 2.81 bits per heavy atom. The molecule has 1 unspecified atom stereocenters. The lowest BCUT2D eigenvalue weighted by molar-refractivity contribution is -0.145. The van der Waals surface area contributed by atoms with Crippen LogP contribution >= 0.6 is 11.3 Å². The number of ether oxygens (including phenoxy) is 2. The summed E-state index contributed by atoms with van der Waals surface area (Å²) in [4.78, 5) is 28.3. The molecule has 1 fully saturated rings. The fraction of sp³-hybridized carbons (Fsp3) is 0.267. The number of carbonyl (C=O) groups is 2. The van der Waals surface area contributed by atoms with Crippen LogP contribution in [0.4, 0.5) is 0 Å². The second kappa shape index (κ2) is 5.65. The molecule has 6 heteroatoms. The van der Waals surface area contributed by atoms with Gasteiger partial charge in [0.2, 0.25) is 6.10 Å². The SMILES string of the molecule is Cc1nc(-c2ccccc2)sc1C(=O)OC1CCOC1=O. The second-order valence-electron chi connectivity index (χ2n) is 4.65. The van der Waals surface area contributed by atoms with Crippen LogP contribution in [0.3, 0.4) is 0 Å². The van der Waals surface area contributed by atoms with Crippen LogP contribution in [0.15, 0.2) is 30.3 Å². The minimum absolute atomic E-state index is 0.299. The van der Waals surface area contributed by atoms with E-state index >= 15 is 0 Å². The summed E-state index contributed by atoms with van der Waals surface area (Å²) >= 11 is 1.27. The van der Waals surface area contributed by atoms with Crippen LogP contribution in [0.5, 0.6) is 0 Å². The van der Waals surface area contributed by atoms with Crippen molar-refractivity contribution < 1.29 is 19.1 Å². The number of thiazole rings is 1. The molecule has 0 amide bonds. The Morgan fingerprint density at radius 1 is 1.38 bits per heavy atom. The maximum Gasteiger partial charge on any atom is 0.351 e. The van der Waals surface area contributed by atoms with Crippen molar-refractivity contribution in [2.75, 3.05) is 6.61 Å². The van der Waals surface area contributed by atoms with Gasteiger partial charge in [-0.2, -0.15) is 0 Å². The molecule has 1 saturated heterocycles. The summed E-state index contributed by atoms with van der Waals surface area (Å²) in [6.07, 6.45) is -0.382. The second-order valence-corrected chi connectivity index (χ2v) is 5.65. The molecule has 0 radical (unpaired) electrons. The highest BCUT2D eigenvalue weighted by molar-refractivity contribution is 7.17. The zero-order valence-electron chi connectivity index (χ0n) is 11.4. The number of cyclic esters (lactones) is 1. The van der Waals surface area contributed by atoms with Crippen molar-refractivity contribution in [1.29, 1.82) is 0 Å². The van der Waals surface area contributed by atoms with Crippen molar-refractivity contribution in [3.05, 3.63) is 40.9 Å². The zero-order valence-corrected chi connectivity index (χ0v) is 12.2. The average Bonchev–Trinajstić information content (AvgIpc) is 3.06. The normalized spacial score (nSPS) is 17.6. The summed E-state index contributed by atoms with van der Waals surface area (Å²) in [5, 5.41) is 0.758. The van der Waals surface area contributed by atoms with Gasteiger partial charge in [-0.25, -0.2) is 14.6 Å². The molecule has 2 heterocycles. The minimum atomic E-state index is -0.792. The van der Waals surface area contributed by atoms with E-state index in [1.807, 2.05) is 30.3 Å². The molecule has 1 aliphatic heterocycles. The Balaban J connectivity index is 1.81. The number of hydrogen-bond donors (Lipinski definition) is 0. The summed E-state index contributed by atoms with van der Waals surface area (Å²) in [6.45, 7) is 2.06. The number of aromatic nitrogens is 1. The summed E-state index contributed by atoms with van der Waals surface area (Å²) in [5.74, 6) is -0.996. The molecule has 1 aromatic heterocycles. The van der Waals surface area contributed by atoms with Crippen LogP contribution in [-0.4, -0.2) is 29.6 Å². The summed E-state index contributed by atoms with van der Waals surface area (Å²) in [6, 6.07) is 9.62. The van der Waals surface area contributed by atoms with Crippen LogP contribution < -0.4 is 0 Å². The predicted octanol–water partition coefficient (Wildman–Crippen LogP) is 2.59. The van der Waals surface area contributed by atoms with E-state index < -0.39 is 18.0 Å². The lowest BCUT2D eigenvalue weighted by atomic mass is 10.2. The Bertz CT molecular complexity index is 680. The maximum atomic E-state index is 12.2. The summed E-state index contributed by atoms with van der Waals surface area (Å²) in [7, 11) is 0. The maximum absolute atomic E-state index is 12.2. The highest BCUT2D eigenvalue weighted by Crippen LogP contribution is 2.28. The van der Waals surface area contributed by atoms with Gasteiger partial charge in [0.05, 0.1) is 12.3 Å². The number of rotatable bonds is 3. The van der Waals surface area contributed by atoms with Crippen molar-refractivity contribution in [2.45, 2.75) is 19.4 Å². The van der Waals surface area contributed by atoms with Crippen LogP contribution in [0.1, 0.15) is 21.8 Å². The fourth-order valence-corrected chi connectivity index (χ4v) is 3.01. The summed E-state index contributed by atoms with van der Waals surface area (Å²) < 4.78 is 9.98. The van der Waals surface area contributed by atoms with Gasteiger partial charge in [-0.05, 0) is 6.92 Å². The minimum Gasteiger partial charge on any atom is -0.463 e. The van der Waals surface area contributed by atoms with Crippen molar-refractivity contribution in [3.8, 4) is 10.6 Å². The largest absolute Gasteiger partial charge is 0.463 e. The molecule has 1 aliphatic rings. The third kappa shape index (κ3) is 2.80. The number of carbonyl (C=O) groups excluding carboxylic acids is 2. The lowest BCUT2D eigenvalue weighted by Gasteiger charge is -2.06. The average molecular weight is 303 g/mol. The number of hydrogen-bond acceptors (Lipinski definition) is 6. The van der Waals surface area contributed by atoms with Gasteiger partial charge in [0, 0.05) is 12.0 Å². The number of aryl methyl sites for hydroxylation is 1. The van der Waals surface area contributed by atoms with Gasteiger partial charge in [-0.3, -0.25) is 0 Å². The molecular weight excluding hydrogens is 290 g/mol. The Morgan fingerprint density at radius 2 is 2.14 bits per heavy atom. The van der Waals surface area contributed by atoms with Gasteiger partial charge in [0.1, 0.15) is 9.88 Å². The molecule has 0 spiro atoms. The van der Waals surface area contributed by atoms with E-state index in [1.54, 1.807) is 6.92 Å². The number of benzene rings is 1. The van der Waals surface area contributed by atoms with E-state index in [0.29, 0.717) is 23.6 Å². The predicted molar refractivity (Wildman–Crippen MR) is 77.1 cm³/mol. The smallest absolute Gasteiger partial charge is 0.351 e. The van der Waals surface area contributed by atoms with Crippen molar-refractivity contribution in [1.82, 2.24) is 4.98 Å². The first kappa shape index (κ1) is 13.8. The molecule has 1 atom stereocenters. The molecule has 2 aromatic rings. The molecule has 0 aliphatic carbocycles. The van der Waals surface area contributed by atoms with Gasteiger partial charge in [-0.1, -0.05) is 30.3 Å². The quantitative estimate of drug-likeness (QED) is 0.815. The standard InChI is InChI=1S/C15H13NO4S/c1-9-12(15(18)20-11-7-8-19-14(11)17)21-13(16-9)10-5-3-2-4-6-10/h2-6,11H,7-8H2,1H3. The van der Waals surface area contributed by atoms with Crippen LogP contribution in [0, 0.1) is 6.92 Å². The molecule has 5 nitrogen and oxygen atoms in total. The molecule has 0 bridgehead atoms. The Labute approximate surface area is 125 Å². The fourth-order valence-electron chi connectivity index (χ4n) is 2.06. The molecule has 0 saturated carbocycles. The Hall–Kier alpha value is -2.21. The van der Waals surface area contributed by atoms with Crippen molar-refractivity contribution >= 4 is 23.3 Å². The molecule has 108 valence electrons. The zero-order chi connectivity index (χ0) is 14.8. The number of nitrogens with zero attached hydrogens (tertiary/aromatic N) is 1. The summed E-state index contributed by atoms with van der Waals surface area (Å²) in [5.41, 5.74) is 1.56. The molecule has 3 rings (SSSR count). The van der Waals surface area contributed by atoms with E-state index in [-0.39, 0.29) is 0 Å². The van der Waals surface area contributed by atoms with Crippen molar-refractivity contribution in [3.63, 3.8) is 0 Å². The van der Waals surface area contributed by atoms with E-state index in [4.69, 9.17) is 9.47 Å². The molecular formula is C15H13NO4S. The van der Waals surface area contributed by atoms with Gasteiger partial charge in [-0.15, -0.1) is 11.3 Å². The van der Waals surface area contributed by atoms with Gasteiger partial charge in [0.25, 0.3) is 0 Å². The highest BCUT2D eigenvalue weighted by atomic mass is 32.1. The van der Waals surface area contributed by atoms with E-state index in [1.165, 1.54) is 11.3 Å². The van der Waals surface area contributed by atoms with E-state index in [0.717, 1.165) is 10.6 Å². The van der Waals surface area contributed by atoms with E-state index in [2.05, 4.69) is 4.98 Å².